The molecular weight excluding hydrogens is 468 g/mol. The number of thioether (sulfide) groups is 2. The maximum Gasteiger partial charge on any atom is 0.303 e. The molecule has 3 rings (SSSR count). The molecule has 0 aromatic heterocycles. The van der Waals surface area contributed by atoms with E-state index in [-0.39, 0.29) is 23.6 Å². The number of fused-ring (bicyclic) bond motifs is 1. The van der Waals surface area contributed by atoms with Crippen molar-refractivity contribution >= 4 is 53.5 Å². The van der Waals surface area contributed by atoms with Gasteiger partial charge in [0.25, 0.3) is 5.91 Å². The van der Waals surface area contributed by atoms with Gasteiger partial charge in [-0.25, -0.2) is 0 Å². The van der Waals surface area contributed by atoms with E-state index in [0.29, 0.717) is 13.1 Å². The fourth-order valence-corrected chi connectivity index (χ4v) is 5.13. The maximum atomic E-state index is 13.7. The monoisotopic (exact) mass is 496 g/mol. The third-order valence-corrected chi connectivity index (χ3v) is 7.10. The minimum Gasteiger partial charge on any atom is -0.497 e. The lowest BCUT2D eigenvalue weighted by Crippen LogP contribution is -2.45. The van der Waals surface area contributed by atoms with Gasteiger partial charge in [-0.3, -0.25) is 9.59 Å². The Kier molecular flexibility index (Phi) is 9.76. The lowest BCUT2D eigenvalue weighted by molar-refractivity contribution is -0.152. The number of benzene rings is 2. The van der Waals surface area contributed by atoms with Crippen LogP contribution in [0.25, 0.3) is 0 Å². The molecule has 1 amide bonds. The summed E-state index contributed by atoms with van der Waals surface area (Å²) in [6.45, 7) is 2.54. The number of rotatable bonds is 7. The molecule has 0 spiro atoms. The summed E-state index contributed by atoms with van der Waals surface area (Å²) in [6, 6.07) is 13.7. The fraction of sp³-hybridized carbons (Fsp3) is 0.391. The van der Waals surface area contributed by atoms with E-state index < -0.39 is 12.1 Å². The molecule has 0 fully saturated rings. The summed E-state index contributed by atoms with van der Waals surface area (Å²) in [5.74, 6) is 0.0542. The molecule has 9 heteroatoms. The summed E-state index contributed by atoms with van der Waals surface area (Å²) < 4.78 is 10.9. The normalized spacial score (nSPS) is 17.9. The highest BCUT2D eigenvalue weighted by molar-refractivity contribution is 8.00. The van der Waals surface area contributed by atoms with Gasteiger partial charge < -0.3 is 19.3 Å². The van der Waals surface area contributed by atoms with Crippen LogP contribution in [0, 0.1) is 0 Å². The van der Waals surface area contributed by atoms with Gasteiger partial charge in [0.05, 0.1) is 18.0 Å². The van der Waals surface area contributed by atoms with Crippen LogP contribution in [0.4, 0.5) is 5.69 Å². The van der Waals surface area contributed by atoms with Crippen LogP contribution in [-0.4, -0.2) is 63.4 Å². The van der Waals surface area contributed by atoms with Gasteiger partial charge in [-0.1, -0.05) is 12.1 Å². The molecule has 1 heterocycles. The number of anilines is 1. The number of carbonyl (C=O) groups excluding carboxylic acids is 2. The zero-order valence-corrected chi connectivity index (χ0v) is 21.3. The number of carbonyl (C=O) groups is 2. The average Bonchev–Trinajstić information content (AvgIpc) is 2.86. The Bertz CT molecular complexity index is 940. The van der Waals surface area contributed by atoms with Gasteiger partial charge in [0, 0.05) is 29.8 Å². The molecule has 2 atom stereocenters. The van der Waals surface area contributed by atoms with Crippen LogP contribution in [0.15, 0.2) is 52.3 Å². The van der Waals surface area contributed by atoms with E-state index in [0.717, 1.165) is 26.8 Å². The minimum atomic E-state index is -0.928. The molecule has 2 aromatic rings. The standard InChI is InChI=1S/C23H28N2O4S2.ClH/c1-15(26)29-21-22(16-6-8-17(28-4)9-7-16)31-20-11-10-18(30-5)14-19(20)25(23(21)27)13-12-24(2)3;/h6-11,14,21-22H,12-13H2,1-5H3;1H. The van der Waals surface area contributed by atoms with E-state index in [9.17, 15) is 9.59 Å². The summed E-state index contributed by atoms with van der Waals surface area (Å²) in [5.41, 5.74) is 1.76. The van der Waals surface area contributed by atoms with Crippen LogP contribution in [-0.2, 0) is 14.3 Å². The molecule has 0 radical (unpaired) electrons. The Labute approximate surface area is 204 Å². The maximum absolute atomic E-state index is 13.7. The molecule has 6 nitrogen and oxygen atoms in total. The number of likely N-dealkylation sites (N-methyl/N-ethyl adjacent to an activating group) is 1. The van der Waals surface area contributed by atoms with Crippen molar-refractivity contribution in [2.45, 2.75) is 28.1 Å². The molecule has 0 saturated carbocycles. The predicted octanol–water partition coefficient (Wildman–Crippen LogP) is 4.51. The number of hydrogen-bond donors (Lipinski definition) is 0. The molecule has 1 aliphatic rings. The number of nitrogens with zero attached hydrogens (tertiary/aromatic N) is 2. The quantitative estimate of drug-likeness (QED) is 0.412. The summed E-state index contributed by atoms with van der Waals surface area (Å²) in [7, 11) is 5.56. The van der Waals surface area contributed by atoms with Crippen molar-refractivity contribution in [3.8, 4) is 5.75 Å². The first-order valence-corrected chi connectivity index (χ1v) is 12.1. The van der Waals surface area contributed by atoms with Crippen LogP contribution in [0.5, 0.6) is 5.75 Å². The molecule has 1 aliphatic heterocycles. The Morgan fingerprint density at radius 1 is 1.19 bits per heavy atom. The van der Waals surface area contributed by atoms with Gasteiger partial charge >= 0.3 is 5.97 Å². The van der Waals surface area contributed by atoms with E-state index in [1.165, 1.54) is 6.92 Å². The van der Waals surface area contributed by atoms with Crippen molar-refractivity contribution in [2.75, 3.05) is 45.5 Å². The molecule has 174 valence electrons. The Balaban J connectivity index is 0.00000363. The number of methoxy groups -OCH3 is 1. The Morgan fingerprint density at radius 3 is 2.44 bits per heavy atom. The van der Waals surface area contributed by atoms with Gasteiger partial charge in [0.15, 0.2) is 6.10 Å². The van der Waals surface area contributed by atoms with Crippen molar-refractivity contribution in [3.63, 3.8) is 0 Å². The van der Waals surface area contributed by atoms with E-state index in [1.54, 1.807) is 35.5 Å². The first-order chi connectivity index (χ1) is 14.8. The fourth-order valence-electron chi connectivity index (χ4n) is 3.39. The first-order valence-electron chi connectivity index (χ1n) is 9.96. The molecule has 0 saturated heterocycles. The summed E-state index contributed by atoms with van der Waals surface area (Å²) in [6.07, 6.45) is 1.09. The van der Waals surface area contributed by atoms with Crippen molar-refractivity contribution in [3.05, 3.63) is 48.0 Å². The third kappa shape index (κ3) is 6.13. The third-order valence-electron chi connectivity index (χ3n) is 5.00. The highest BCUT2D eigenvalue weighted by atomic mass is 35.5. The summed E-state index contributed by atoms with van der Waals surface area (Å²) in [5, 5.41) is -0.370. The van der Waals surface area contributed by atoms with E-state index in [1.807, 2.05) is 55.6 Å². The highest BCUT2D eigenvalue weighted by Gasteiger charge is 2.40. The SMILES string of the molecule is COc1ccc(C2Sc3ccc(SC)cc3N(CCN(C)C)C(=O)C2OC(C)=O)cc1.Cl. The second-order valence-corrected chi connectivity index (χ2v) is 9.53. The van der Waals surface area contributed by atoms with Crippen LogP contribution >= 0.6 is 35.9 Å². The molecular formula is C23H29ClN2O4S2. The Morgan fingerprint density at radius 2 is 1.88 bits per heavy atom. The smallest absolute Gasteiger partial charge is 0.303 e. The number of halogens is 1. The van der Waals surface area contributed by atoms with Gasteiger partial charge in [-0.2, -0.15) is 0 Å². The molecule has 32 heavy (non-hydrogen) atoms. The average molecular weight is 497 g/mol. The van der Waals surface area contributed by atoms with Crippen molar-refractivity contribution in [1.82, 2.24) is 4.90 Å². The number of esters is 1. The zero-order chi connectivity index (χ0) is 22.5. The van der Waals surface area contributed by atoms with Crippen LogP contribution in [0.2, 0.25) is 0 Å². The summed E-state index contributed by atoms with van der Waals surface area (Å²) >= 11 is 3.18. The Hall–Kier alpha value is -1.87. The van der Waals surface area contributed by atoms with Crippen molar-refractivity contribution in [1.29, 1.82) is 0 Å². The molecule has 0 N–H and O–H groups in total. The number of amides is 1. The van der Waals surface area contributed by atoms with E-state index >= 15 is 0 Å². The van der Waals surface area contributed by atoms with Gasteiger partial charge in [0.1, 0.15) is 5.75 Å². The van der Waals surface area contributed by atoms with Crippen molar-refractivity contribution < 1.29 is 19.1 Å². The second kappa shape index (κ2) is 11.8. The largest absolute Gasteiger partial charge is 0.497 e. The van der Waals surface area contributed by atoms with Gasteiger partial charge in [0.2, 0.25) is 0 Å². The second-order valence-electron chi connectivity index (χ2n) is 7.47. The lowest BCUT2D eigenvalue weighted by atomic mass is 10.1. The van der Waals surface area contributed by atoms with Crippen LogP contribution < -0.4 is 9.64 Å². The summed E-state index contributed by atoms with van der Waals surface area (Å²) in [4.78, 5) is 31.6. The minimum absolute atomic E-state index is 0. The van der Waals surface area contributed by atoms with Gasteiger partial charge in [-0.05, 0) is 56.2 Å². The topological polar surface area (TPSA) is 59.1 Å². The number of hydrogen-bond acceptors (Lipinski definition) is 7. The zero-order valence-electron chi connectivity index (χ0n) is 18.9. The van der Waals surface area contributed by atoms with Crippen LogP contribution in [0.1, 0.15) is 17.7 Å². The van der Waals surface area contributed by atoms with E-state index in [4.69, 9.17) is 9.47 Å². The lowest BCUT2D eigenvalue weighted by Gasteiger charge is -2.28. The molecule has 2 aromatic carbocycles. The predicted molar refractivity (Wildman–Crippen MR) is 134 cm³/mol. The van der Waals surface area contributed by atoms with Crippen LogP contribution in [0.3, 0.4) is 0 Å². The highest BCUT2D eigenvalue weighted by Crippen LogP contribution is 2.47. The van der Waals surface area contributed by atoms with E-state index in [2.05, 4.69) is 12.1 Å². The van der Waals surface area contributed by atoms with Gasteiger partial charge in [-0.15, -0.1) is 35.9 Å². The van der Waals surface area contributed by atoms with Crippen molar-refractivity contribution in [2.24, 2.45) is 0 Å². The molecule has 0 bridgehead atoms. The first kappa shape index (κ1) is 26.4. The number of ether oxygens (including phenoxy) is 2. The molecule has 0 aliphatic carbocycles. The molecule has 2 unspecified atom stereocenters.